The minimum atomic E-state index is -0.325. The van der Waals surface area contributed by atoms with Crippen LogP contribution >= 0.6 is 0 Å². The second kappa shape index (κ2) is 8.19. The second-order valence-corrected chi connectivity index (χ2v) is 6.53. The molecule has 0 aliphatic heterocycles. The maximum atomic E-state index is 13.7. The van der Waals surface area contributed by atoms with E-state index in [1.165, 1.54) is 12.3 Å². The molecule has 0 saturated carbocycles. The van der Waals surface area contributed by atoms with E-state index in [-0.39, 0.29) is 23.6 Å². The average Bonchev–Trinajstić information content (AvgIpc) is 2.75. The average molecular weight is 390 g/mol. The molecule has 0 radical (unpaired) electrons. The lowest BCUT2D eigenvalue weighted by atomic mass is 10.1. The SMILES string of the molecule is CCc1ccccc1Oc1coc2cc(OCc3ccccc3F)ccc2c1=O. The van der Waals surface area contributed by atoms with Gasteiger partial charge in [-0.15, -0.1) is 0 Å². The summed E-state index contributed by atoms with van der Waals surface area (Å²) in [5, 5.41) is 0.384. The zero-order valence-electron chi connectivity index (χ0n) is 15.9. The van der Waals surface area contributed by atoms with Crippen molar-refractivity contribution in [3.63, 3.8) is 0 Å². The summed E-state index contributed by atoms with van der Waals surface area (Å²) >= 11 is 0. The van der Waals surface area contributed by atoms with Gasteiger partial charge in [-0.25, -0.2) is 4.39 Å². The van der Waals surface area contributed by atoms with E-state index >= 15 is 0 Å². The fourth-order valence-electron chi connectivity index (χ4n) is 3.04. The van der Waals surface area contributed by atoms with Crippen LogP contribution in [0, 0.1) is 5.82 Å². The van der Waals surface area contributed by atoms with Gasteiger partial charge in [-0.1, -0.05) is 43.3 Å². The van der Waals surface area contributed by atoms with Crippen molar-refractivity contribution in [3.05, 3.63) is 100 Å². The van der Waals surface area contributed by atoms with Crippen molar-refractivity contribution in [2.75, 3.05) is 0 Å². The molecule has 0 saturated heterocycles. The summed E-state index contributed by atoms with van der Waals surface area (Å²) in [5.41, 5.74) is 1.56. The first-order valence-electron chi connectivity index (χ1n) is 9.33. The van der Waals surface area contributed by atoms with Crippen LogP contribution in [-0.4, -0.2) is 0 Å². The van der Waals surface area contributed by atoms with Crippen LogP contribution in [0.2, 0.25) is 0 Å². The number of hydrogen-bond donors (Lipinski definition) is 0. The molecule has 0 bridgehead atoms. The van der Waals surface area contributed by atoms with E-state index in [2.05, 4.69) is 0 Å². The quantitative estimate of drug-likeness (QED) is 0.413. The lowest BCUT2D eigenvalue weighted by Crippen LogP contribution is -2.06. The summed E-state index contributed by atoms with van der Waals surface area (Å²) < 4.78 is 30.8. The monoisotopic (exact) mass is 390 g/mol. The predicted molar refractivity (Wildman–Crippen MR) is 109 cm³/mol. The molecule has 0 aliphatic rings. The number of ether oxygens (including phenoxy) is 2. The smallest absolute Gasteiger partial charge is 0.235 e. The van der Waals surface area contributed by atoms with E-state index in [1.807, 2.05) is 31.2 Å². The van der Waals surface area contributed by atoms with E-state index in [1.54, 1.807) is 36.4 Å². The van der Waals surface area contributed by atoms with Gasteiger partial charge in [-0.05, 0) is 36.2 Å². The Morgan fingerprint density at radius 3 is 2.48 bits per heavy atom. The lowest BCUT2D eigenvalue weighted by molar-refractivity contribution is 0.300. The van der Waals surface area contributed by atoms with Crippen molar-refractivity contribution in [2.24, 2.45) is 0 Å². The van der Waals surface area contributed by atoms with Gasteiger partial charge in [0.2, 0.25) is 11.2 Å². The third-order valence-electron chi connectivity index (χ3n) is 4.64. The number of aryl methyl sites for hydroxylation is 1. The molecule has 29 heavy (non-hydrogen) atoms. The summed E-state index contributed by atoms with van der Waals surface area (Å²) in [5.74, 6) is 0.910. The van der Waals surface area contributed by atoms with Crippen molar-refractivity contribution in [1.29, 1.82) is 0 Å². The number of rotatable bonds is 6. The topological polar surface area (TPSA) is 48.7 Å². The summed E-state index contributed by atoms with van der Waals surface area (Å²) in [7, 11) is 0. The molecule has 1 heterocycles. The highest BCUT2D eigenvalue weighted by atomic mass is 19.1. The van der Waals surface area contributed by atoms with Crippen LogP contribution in [-0.2, 0) is 13.0 Å². The van der Waals surface area contributed by atoms with Crippen LogP contribution in [0.4, 0.5) is 4.39 Å². The second-order valence-electron chi connectivity index (χ2n) is 6.53. The van der Waals surface area contributed by atoms with Crippen molar-refractivity contribution >= 4 is 11.0 Å². The zero-order chi connectivity index (χ0) is 20.2. The molecule has 0 amide bonds. The van der Waals surface area contributed by atoms with Crippen LogP contribution in [0.15, 0.2) is 82.2 Å². The summed E-state index contributed by atoms with van der Waals surface area (Å²) in [4.78, 5) is 12.8. The van der Waals surface area contributed by atoms with Crippen molar-refractivity contribution in [2.45, 2.75) is 20.0 Å². The van der Waals surface area contributed by atoms with Gasteiger partial charge in [-0.2, -0.15) is 0 Å². The molecule has 0 aliphatic carbocycles. The first-order chi connectivity index (χ1) is 14.2. The van der Waals surface area contributed by atoms with Gasteiger partial charge in [-0.3, -0.25) is 4.79 Å². The molecule has 0 N–H and O–H groups in total. The number of halogens is 1. The van der Waals surface area contributed by atoms with Gasteiger partial charge in [0.1, 0.15) is 35.8 Å². The van der Waals surface area contributed by atoms with Gasteiger partial charge in [0.15, 0.2) is 0 Å². The largest absolute Gasteiger partial charge is 0.489 e. The fraction of sp³-hybridized carbons (Fsp3) is 0.125. The molecule has 3 aromatic carbocycles. The van der Waals surface area contributed by atoms with Crippen LogP contribution < -0.4 is 14.9 Å². The minimum absolute atomic E-state index is 0.0808. The third kappa shape index (κ3) is 3.99. The van der Waals surface area contributed by atoms with Crippen LogP contribution in [0.5, 0.6) is 17.2 Å². The van der Waals surface area contributed by atoms with Crippen molar-refractivity contribution in [1.82, 2.24) is 0 Å². The molecule has 4 aromatic rings. The Morgan fingerprint density at radius 2 is 1.69 bits per heavy atom. The molecule has 0 unspecified atom stereocenters. The zero-order valence-corrected chi connectivity index (χ0v) is 15.9. The van der Waals surface area contributed by atoms with Crippen molar-refractivity contribution < 1.29 is 18.3 Å². The van der Waals surface area contributed by atoms with Crippen LogP contribution in [0.25, 0.3) is 11.0 Å². The maximum absolute atomic E-state index is 13.7. The van der Waals surface area contributed by atoms with Crippen LogP contribution in [0.3, 0.4) is 0 Å². The highest BCUT2D eigenvalue weighted by Gasteiger charge is 2.12. The number of para-hydroxylation sites is 1. The van der Waals surface area contributed by atoms with Crippen molar-refractivity contribution in [3.8, 4) is 17.2 Å². The van der Waals surface area contributed by atoms with Gasteiger partial charge >= 0.3 is 0 Å². The van der Waals surface area contributed by atoms with Gasteiger partial charge in [0, 0.05) is 11.6 Å². The molecule has 4 rings (SSSR count). The van der Waals surface area contributed by atoms with Crippen LogP contribution in [0.1, 0.15) is 18.1 Å². The highest BCUT2D eigenvalue weighted by molar-refractivity contribution is 5.79. The Morgan fingerprint density at radius 1 is 0.931 bits per heavy atom. The standard InChI is InChI=1S/C24H19FO4/c1-2-16-7-4-6-10-21(16)29-23-15-28-22-13-18(11-12-19(22)24(23)26)27-14-17-8-3-5-9-20(17)25/h3-13,15H,2,14H2,1H3. The Hall–Kier alpha value is -3.60. The first-order valence-corrected chi connectivity index (χ1v) is 9.33. The number of hydrogen-bond acceptors (Lipinski definition) is 4. The number of fused-ring (bicyclic) bond motifs is 1. The number of benzene rings is 3. The Bertz CT molecular complexity index is 1210. The molecular weight excluding hydrogens is 371 g/mol. The molecule has 0 fully saturated rings. The van der Waals surface area contributed by atoms with Gasteiger partial charge in [0.25, 0.3) is 0 Å². The fourth-order valence-corrected chi connectivity index (χ4v) is 3.04. The molecule has 1 aromatic heterocycles. The normalized spacial score (nSPS) is 10.8. The van der Waals surface area contributed by atoms with E-state index in [0.717, 1.165) is 12.0 Å². The molecule has 4 nitrogen and oxygen atoms in total. The summed E-state index contributed by atoms with van der Waals surface area (Å²) in [6.07, 6.45) is 2.09. The highest BCUT2D eigenvalue weighted by Crippen LogP contribution is 2.27. The summed E-state index contributed by atoms with van der Waals surface area (Å²) in [6.45, 7) is 2.10. The Labute approximate surface area is 167 Å². The van der Waals surface area contributed by atoms with Gasteiger partial charge in [0.05, 0.1) is 5.39 Å². The van der Waals surface area contributed by atoms with E-state index in [9.17, 15) is 9.18 Å². The Kier molecular flexibility index (Phi) is 5.29. The minimum Gasteiger partial charge on any atom is -0.489 e. The Balaban J connectivity index is 1.58. The third-order valence-corrected chi connectivity index (χ3v) is 4.64. The first kappa shape index (κ1) is 18.7. The summed E-state index contributed by atoms with van der Waals surface area (Å²) in [6, 6.07) is 18.9. The van der Waals surface area contributed by atoms with Gasteiger partial charge < -0.3 is 13.9 Å². The molecule has 146 valence electrons. The maximum Gasteiger partial charge on any atom is 0.235 e. The molecule has 0 atom stereocenters. The molecule has 0 spiro atoms. The van der Waals surface area contributed by atoms with E-state index in [4.69, 9.17) is 13.9 Å². The van der Waals surface area contributed by atoms with E-state index < -0.39 is 0 Å². The lowest BCUT2D eigenvalue weighted by Gasteiger charge is -2.10. The molecule has 5 heteroatoms. The molecular formula is C24H19FO4. The predicted octanol–water partition coefficient (Wildman–Crippen LogP) is 5.87. The van der Waals surface area contributed by atoms with E-state index in [0.29, 0.717) is 28.0 Å².